The molecule has 0 spiro atoms. The molecule has 4 N–H and O–H groups in total. The number of nitrogens with two attached hydrogens (primary N) is 1. The Morgan fingerprint density at radius 2 is 2.05 bits per heavy atom. The van der Waals surface area contributed by atoms with Crippen molar-refractivity contribution >= 4 is 27.4 Å². The number of carboxylic acids is 1. The summed E-state index contributed by atoms with van der Waals surface area (Å²) in [6, 6.07) is 1.91. The lowest BCUT2D eigenvalue weighted by Gasteiger charge is -2.14. The number of sulfone groups is 1. The molecule has 1 unspecified atom stereocenters. The van der Waals surface area contributed by atoms with Crippen molar-refractivity contribution in [1.82, 2.24) is 5.32 Å². The molecule has 9 heteroatoms. The van der Waals surface area contributed by atoms with E-state index in [-0.39, 0.29) is 23.4 Å². The van der Waals surface area contributed by atoms with E-state index < -0.39 is 33.6 Å². The lowest BCUT2D eigenvalue weighted by molar-refractivity contribution is -0.139. The van der Waals surface area contributed by atoms with Crippen LogP contribution in [-0.4, -0.2) is 43.5 Å². The number of carbonyl (C=O) groups excluding carboxylic acids is 1. The Bertz CT molecular complexity index is 660. The second-order valence-corrected chi connectivity index (χ2v) is 6.78. The number of hydrogen-bond donors (Lipinski definition) is 3. The molecule has 1 rings (SSSR count). The molecule has 0 fully saturated rings. The average Bonchev–Trinajstić information content (AvgIpc) is 2.36. The predicted molar refractivity (Wildman–Crippen MR) is 74.0 cm³/mol. The number of anilines is 1. The van der Waals surface area contributed by atoms with Gasteiger partial charge in [0.2, 0.25) is 0 Å². The van der Waals surface area contributed by atoms with Gasteiger partial charge in [-0.15, -0.1) is 0 Å². The smallest absolute Gasteiger partial charge is 0.326 e. The summed E-state index contributed by atoms with van der Waals surface area (Å²) in [5.41, 5.74) is 5.02. The number of halogens is 1. The van der Waals surface area contributed by atoms with Gasteiger partial charge in [-0.2, -0.15) is 0 Å². The van der Waals surface area contributed by atoms with Gasteiger partial charge < -0.3 is 16.2 Å². The van der Waals surface area contributed by atoms with Crippen molar-refractivity contribution in [3.05, 3.63) is 29.6 Å². The first-order valence-electron chi connectivity index (χ1n) is 5.86. The zero-order chi connectivity index (χ0) is 16.2. The largest absolute Gasteiger partial charge is 0.480 e. The van der Waals surface area contributed by atoms with Crippen molar-refractivity contribution in [3.8, 4) is 0 Å². The van der Waals surface area contributed by atoms with Crippen LogP contribution in [0.15, 0.2) is 18.2 Å². The van der Waals surface area contributed by atoms with Crippen molar-refractivity contribution in [3.63, 3.8) is 0 Å². The Morgan fingerprint density at radius 1 is 1.43 bits per heavy atom. The van der Waals surface area contributed by atoms with Gasteiger partial charge in [0.25, 0.3) is 5.91 Å². The molecule has 0 aliphatic rings. The molecule has 1 amide bonds. The summed E-state index contributed by atoms with van der Waals surface area (Å²) in [6.07, 6.45) is 0.681. The molecule has 116 valence electrons. The number of benzene rings is 1. The normalized spacial score (nSPS) is 12.7. The Morgan fingerprint density at radius 3 is 2.52 bits per heavy atom. The van der Waals surface area contributed by atoms with Crippen LogP contribution < -0.4 is 11.1 Å². The van der Waals surface area contributed by atoms with Crippen LogP contribution in [0, 0.1) is 5.82 Å². The van der Waals surface area contributed by atoms with Crippen LogP contribution in [0.4, 0.5) is 10.1 Å². The third-order valence-electron chi connectivity index (χ3n) is 2.64. The van der Waals surface area contributed by atoms with Crippen LogP contribution in [0.3, 0.4) is 0 Å². The van der Waals surface area contributed by atoms with E-state index in [0.717, 1.165) is 12.3 Å². The number of hydrogen-bond acceptors (Lipinski definition) is 5. The zero-order valence-electron chi connectivity index (χ0n) is 11.2. The third-order valence-corrected chi connectivity index (χ3v) is 3.62. The van der Waals surface area contributed by atoms with E-state index in [1.807, 2.05) is 0 Å². The van der Waals surface area contributed by atoms with Crippen LogP contribution in [0.1, 0.15) is 16.8 Å². The Balaban J connectivity index is 2.81. The van der Waals surface area contributed by atoms with E-state index in [1.165, 1.54) is 12.1 Å². The van der Waals surface area contributed by atoms with Gasteiger partial charge in [-0.05, 0) is 24.6 Å². The summed E-state index contributed by atoms with van der Waals surface area (Å²) in [5, 5.41) is 11.1. The number of carbonyl (C=O) groups is 2. The van der Waals surface area contributed by atoms with Gasteiger partial charge >= 0.3 is 5.97 Å². The third kappa shape index (κ3) is 5.38. The van der Waals surface area contributed by atoms with Crippen molar-refractivity contribution in [2.75, 3.05) is 17.7 Å². The second-order valence-electron chi connectivity index (χ2n) is 4.52. The van der Waals surface area contributed by atoms with Gasteiger partial charge in [0, 0.05) is 11.8 Å². The Kier molecular flexibility index (Phi) is 5.25. The number of nitrogen functional groups attached to an aromatic ring is 1. The van der Waals surface area contributed by atoms with E-state index in [1.54, 1.807) is 0 Å². The quantitative estimate of drug-likeness (QED) is 0.635. The minimum absolute atomic E-state index is 0.104. The number of carboxylic acid groups (broad SMARTS) is 1. The first-order valence-corrected chi connectivity index (χ1v) is 7.92. The summed E-state index contributed by atoms with van der Waals surface area (Å²) < 4.78 is 35.3. The van der Waals surface area contributed by atoms with Crippen LogP contribution in [0.2, 0.25) is 0 Å². The van der Waals surface area contributed by atoms with Crippen molar-refractivity contribution in [2.24, 2.45) is 0 Å². The van der Waals surface area contributed by atoms with Gasteiger partial charge in [-0.1, -0.05) is 0 Å². The van der Waals surface area contributed by atoms with E-state index in [4.69, 9.17) is 10.8 Å². The molecule has 0 aromatic heterocycles. The molecule has 21 heavy (non-hydrogen) atoms. The molecule has 0 bridgehead atoms. The van der Waals surface area contributed by atoms with Crippen molar-refractivity contribution in [1.29, 1.82) is 0 Å². The molecular weight excluding hydrogens is 303 g/mol. The predicted octanol–water partition coefficient (Wildman–Crippen LogP) is 0.0256. The van der Waals surface area contributed by atoms with E-state index >= 15 is 0 Å². The number of nitrogens with one attached hydrogen (secondary N) is 1. The fourth-order valence-corrected chi connectivity index (χ4v) is 2.16. The van der Waals surface area contributed by atoms with Crippen LogP contribution in [-0.2, 0) is 14.6 Å². The SMILES string of the molecule is CS(=O)(=O)CCC(NC(=O)c1ccc(N)c(F)c1)C(=O)O. The highest BCUT2D eigenvalue weighted by atomic mass is 32.2. The maximum atomic E-state index is 13.2. The highest BCUT2D eigenvalue weighted by Crippen LogP contribution is 2.12. The maximum absolute atomic E-state index is 13.2. The van der Waals surface area contributed by atoms with Crippen LogP contribution >= 0.6 is 0 Å². The van der Waals surface area contributed by atoms with Gasteiger partial charge in [-0.25, -0.2) is 17.6 Å². The molecule has 0 heterocycles. The average molecular weight is 318 g/mol. The van der Waals surface area contributed by atoms with E-state index in [2.05, 4.69) is 5.32 Å². The van der Waals surface area contributed by atoms with Gasteiger partial charge in [0.1, 0.15) is 21.7 Å². The van der Waals surface area contributed by atoms with Gasteiger partial charge in [-0.3, -0.25) is 4.79 Å². The van der Waals surface area contributed by atoms with Crippen LogP contribution in [0.5, 0.6) is 0 Å². The fourth-order valence-electron chi connectivity index (χ4n) is 1.50. The number of aliphatic carboxylic acids is 1. The molecular formula is C12H15FN2O5S. The van der Waals surface area contributed by atoms with Crippen LogP contribution in [0.25, 0.3) is 0 Å². The van der Waals surface area contributed by atoms with Gasteiger partial charge in [0.15, 0.2) is 0 Å². The Labute approximate surface area is 120 Å². The number of amides is 1. The molecule has 1 aromatic carbocycles. The zero-order valence-corrected chi connectivity index (χ0v) is 12.0. The topological polar surface area (TPSA) is 127 Å². The summed E-state index contributed by atoms with van der Waals surface area (Å²) in [4.78, 5) is 22.8. The van der Waals surface area contributed by atoms with E-state index in [9.17, 15) is 22.4 Å². The molecule has 0 radical (unpaired) electrons. The Hall–Kier alpha value is -2.16. The van der Waals surface area contributed by atoms with Crippen molar-refractivity contribution in [2.45, 2.75) is 12.5 Å². The molecule has 0 aliphatic heterocycles. The fraction of sp³-hybridized carbons (Fsp3) is 0.333. The molecule has 7 nitrogen and oxygen atoms in total. The molecule has 0 saturated carbocycles. The minimum atomic E-state index is -3.36. The highest BCUT2D eigenvalue weighted by molar-refractivity contribution is 7.90. The summed E-state index contributed by atoms with van der Waals surface area (Å²) >= 11 is 0. The van der Waals surface area contributed by atoms with Gasteiger partial charge in [0.05, 0.1) is 11.4 Å². The first-order chi connectivity index (χ1) is 9.60. The highest BCUT2D eigenvalue weighted by Gasteiger charge is 2.22. The minimum Gasteiger partial charge on any atom is -0.480 e. The van der Waals surface area contributed by atoms with Crippen molar-refractivity contribution < 1.29 is 27.5 Å². The summed E-state index contributed by atoms with van der Waals surface area (Å²) in [5.74, 6) is -3.39. The summed E-state index contributed by atoms with van der Waals surface area (Å²) in [6.45, 7) is 0. The number of rotatable bonds is 6. The maximum Gasteiger partial charge on any atom is 0.326 e. The molecule has 1 aromatic rings. The van der Waals surface area contributed by atoms with E-state index in [0.29, 0.717) is 0 Å². The molecule has 0 saturated heterocycles. The molecule has 1 atom stereocenters. The standard InChI is InChI=1S/C12H15FN2O5S/c1-21(19,20)5-4-10(12(17)18)15-11(16)7-2-3-9(14)8(13)6-7/h2-3,6,10H,4-5,14H2,1H3,(H,15,16)(H,17,18). The first kappa shape index (κ1) is 16.9. The monoisotopic (exact) mass is 318 g/mol. The second kappa shape index (κ2) is 6.53. The summed E-state index contributed by atoms with van der Waals surface area (Å²) in [7, 11) is -3.36. The lowest BCUT2D eigenvalue weighted by atomic mass is 10.1. The lowest BCUT2D eigenvalue weighted by Crippen LogP contribution is -2.41. The molecule has 0 aliphatic carbocycles.